The van der Waals surface area contributed by atoms with Crippen molar-refractivity contribution in [3.05, 3.63) is 30.5 Å². The molecule has 14 heteroatoms. The zero-order valence-electron chi connectivity index (χ0n) is 16.9. The summed E-state index contributed by atoms with van der Waals surface area (Å²) in [5.74, 6) is 0.0878. The maximum atomic E-state index is 12.8. The van der Waals surface area contributed by atoms with E-state index in [-0.39, 0.29) is 11.8 Å². The van der Waals surface area contributed by atoms with Crippen molar-refractivity contribution >= 4 is 17.1 Å². The molecule has 0 amide bonds. The van der Waals surface area contributed by atoms with Crippen LogP contribution in [0.4, 0.5) is 32.3 Å². The third-order valence-electron chi connectivity index (χ3n) is 5.35. The van der Waals surface area contributed by atoms with Crippen molar-refractivity contribution < 1.29 is 36.2 Å². The van der Waals surface area contributed by atoms with Crippen LogP contribution < -0.4 is 10.1 Å². The van der Waals surface area contributed by atoms with Crippen molar-refractivity contribution in [3.63, 3.8) is 0 Å². The molecule has 4 rings (SSSR count). The molecule has 2 heterocycles. The predicted octanol–water partition coefficient (Wildman–Crippen LogP) is 3.80. The Morgan fingerprint density at radius 1 is 1.03 bits per heavy atom. The first kappa shape index (κ1) is 23.0. The summed E-state index contributed by atoms with van der Waals surface area (Å²) in [4.78, 5) is 8.63. The molecule has 178 valence electrons. The largest absolute Gasteiger partial charge is 0.490 e. The molecule has 0 bridgehead atoms. The normalized spacial score (nSPS) is 15.8. The third-order valence-corrected chi connectivity index (χ3v) is 5.35. The van der Waals surface area contributed by atoms with Gasteiger partial charge in [0, 0.05) is 6.04 Å². The lowest BCUT2D eigenvalue weighted by Gasteiger charge is -2.31. The Bertz CT molecular complexity index is 1090. The zero-order chi connectivity index (χ0) is 23.9. The number of ether oxygens (including phenoxy) is 1. The fraction of sp³-hybridized carbons (Fsp3) is 0.474. The molecule has 2 N–H and O–H groups in total. The number of rotatable bonds is 6. The first-order chi connectivity index (χ1) is 15.5. The standard InChI is InChI=1S/C19H18F6N6O2/c20-18(21,22)17(32,19(23,24)25)10-33-13-7-5-12(6-8-13)31-15-14(29-30-31)9-26-16(28-15)27-11-3-1-2-4-11/h5-9,11,32H,1-4,10H2,(H,26,27,28). The lowest BCUT2D eigenvalue weighted by atomic mass is 10.0. The number of fused-ring (bicyclic) bond motifs is 1. The van der Waals surface area contributed by atoms with E-state index in [1.807, 2.05) is 0 Å². The Morgan fingerprint density at radius 2 is 1.67 bits per heavy atom. The molecule has 1 saturated carbocycles. The number of hydrogen-bond donors (Lipinski definition) is 2. The molecular formula is C19H18F6N6O2. The summed E-state index contributed by atoms with van der Waals surface area (Å²) in [6.45, 7) is -2.05. The number of alkyl halides is 6. The maximum Gasteiger partial charge on any atom is 0.429 e. The Hall–Kier alpha value is -3.16. The van der Waals surface area contributed by atoms with E-state index in [2.05, 4.69) is 30.3 Å². The van der Waals surface area contributed by atoms with Crippen molar-refractivity contribution in [2.75, 3.05) is 11.9 Å². The monoisotopic (exact) mass is 476 g/mol. The number of aliphatic hydroxyl groups is 1. The van der Waals surface area contributed by atoms with Gasteiger partial charge in [-0.05, 0) is 37.1 Å². The quantitative estimate of drug-likeness (QED) is 0.523. The summed E-state index contributed by atoms with van der Waals surface area (Å²) in [6.07, 6.45) is -6.16. The van der Waals surface area contributed by atoms with E-state index >= 15 is 0 Å². The minimum absolute atomic E-state index is 0.273. The molecule has 2 aromatic heterocycles. The lowest BCUT2D eigenvalue weighted by Crippen LogP contribution is -2.60. The van der Waals surface area contributed by atoms with Crippen LogP contribution in [0.3, 0.4) is 0 Å². The van der Waals surface area contributed by atoms with Gasteiger partial charge in [-0.3, -0.25) is 0 Å². The summed E-state index contributed by atoms with van der Waals surface area (Å²) >= 11 is 0. The molecule has 3 aromatic rings. The molecule has 0 radical (unpaired) electrons. The first-order valence-corrected chi connectivity index (χ1v) is 9.92. The molecule has 1 fully saturated rings. The van der Waals surface area contributed by atoms with Crippen molar-refractivity contribution in [3.8, 4) is 11.4 Å². The minimum atomic E-state index is -5.96. The SMILES string of the molecule is OC(COc1ccc(-n2nnc3cnc(NC4CCCC4)nc32)cc1)(C(F)(F)F)C(F)(F)F. The molecule has 0 spiro atoms. The molecule has 1 aliphatic carbocycles. The number of nitrogens with zero attached hydrogens (tertiary/aromatic N) is 5. The van der Waals surface area contributed by atoms with Crippen molar-refractivity contribution in [2.45, 2.75) is 49.7 Å². The van der Waals surface area contributed by atoms with Crippen molar-refractivity contribution in [1.82, 2.24) is 25.0 Å². The van der Waals surface area contributed by atoms with Gasteiger partial charge in [-0.2, -0.15) is 36.0 Å². The fourth-order valence-corrected chi connectivity index (χ4v) is 3.42. The molecule has 33 heavy (non-hydrogen) atoms. The summed E-state index contributed by atoms with van der Waals surface area (Å²) in [7, 11) is 0. The van der Waals surface area contributed by atoms with Gasteiger partial charge in [0.05, 0.1) is 11.9 Å². The van der Waals surface area contributed by atoms with Gasteiger partial charge in [0.15, 0.2) is 11.2 Å². The Kier molecular flexibility index (Phi) is 5.80. The van der Waals surface area contributed by atoms with E-state index < -0.39 is 24.6 Å². The highest BCUT2D eigenvalue weighted by Crippen LogP contribution is 2.43. The average molecular weight is 476 g/mol. The highest BCUT2D eigenvalue weighted by molar-refractivity contribution is 5.72. The summed E-state index contributed by atoms with van der Waals surface area (Å²) < 4.78 is 82.6. The average Bonchev–Trinajstić information content (AvgIpc) is 3.40. The summed E-state index contributed by atoms with van der Waals surface area (Å²) in [5.41, 5.74) is -3.85. The van der Waals surface area contributed by atoms with Gasteiger partial charge in [-0.1, -0.05) is 18.1 Å². The van der Waals surface area contributed by atoms with Gasteiger partial charge in [0.1, 0.15) is 12.4 Å². The van der Waals surface area contributed by atoms with E-state index in [0.717, 1.165) is 37.8 Å². The van der Waals surface area contributed by atoms with Crippen molar-refractivity contribution in [1.29, 1.82) is 0 Å². The molecule has 0 saturated heterocycles. The molecule has 1 aliphatic rings. The van der Waals surface area contributed by atoms with Crippen molar-refractivity contribution in [2.24, 2.45) is 0 Å². The van der Waals surface area contributed by atoms with E-state index in [1.165, 1.54) is 23.0 Å². The van der Waals surface area contributed by atoms with Gasteiger partial charge < -0.3 is 15.2 Å². The molecular weight excluding hydrogens is 458 g/mol. The molecule has 1 aromatic carbocycles. The number of nitrogens with one attached hydrogen (secondary N) is 1. The summed E-state index contributed by atoms with van der Waals surface area (Å²) in [5, 5.41) is 20.4. The smallest absolute Gasteiger partial charge is 0.429 e. The van der Waals surface area contributed by atoms with Gasteiger partial charge >= 0.3 is 12.4 Å². The topological polar surface area (TPSA) is 98.0 Å². The second-order valence-electron chi connectivity index (χ2n) is 7.67. The Morgan fingerprint density at radius 3 is 2.27 bits per heavy atom. The number of halogens is 6. The number of benzene rings is 1. The van der Waals surface area contributed by atoms with Crippen LogP contribution in [0, 0.1) is 0 Å². The second-order valence-corrected chi connectivity index (χ2v) is 7.67. The van der Waals surface area contributed by atoms with Gasteiger partial charge in [-0.25, -0.2) is 4.98 Å². The zero-order valence-corrected chi connectivity index (χ0v) is 16.9. The number of anilines is 1. The van der Waals surface area contributed by atoms with E-state index in [9.17, 15) is 31.4 Å². The van der Waals surface area contributed by atoms with Gasteiger partial charge in [0.2, 0.25) is 5.95 Å². The Balaban J connectivity index is 1.52. The fourth-order valence-electron chi connectivity index (χ4n) is 3.42. The highest BCUT2D eigenvalue weighted by atomic mass is 19.4. The molecule has 8 nitrogen and oxygen atoms in total. The minimum Gasteiger partial charge on any atom is -0.490 e. The van der Waals surface area contributed by atoms with E-state index in [4.69, 9.17) is 0 Å². The molecule has 0 aliphatic heterocycles. The summed E-state index contributed by atoms with van der Waals surface area (Å²) in [6, 6.07) is 5.28. The van der Waals surface area contributed by atoms with E-state index in [0.29, 0.717) is 22.8 Å². The van der Waals surface area contributed by atoms with Crippen LogP contribution in [0.5, 0.6) is 5.75 Å². The van der Waals surface area contributed by atoms with Gasteiger partial charge in [-0.15, -0.1) is 5.10 Å². The second kappa shape index (κ2) is 8.32. The van der Waals surface area contributed by atoms with Crippen LogP contribution in [-0.4, -0.2) is 60.7 Å². The number of hydrogen-bond acceptors (Lipinski definition) is 7. The van der Waals surface area contributed by atoms with Crippen LogP contribution >= 0.6 is 0 Å². The number of aromatic nitrogens is 5. The highest BCUT2D eigenvalue weighted by Gasteiger charge is 2.71. The van der Waals surface area contributed by atoms with Crippen LogP contribution in [0.15, 0.2) is 30.5 Å². The first-order valence-electron chi connectivity index (χ1n) is 9.92. The van der Waals surface area contributed by atoms with Crippen LogP contribution in [0.25, 0.3) is 16.9 Å². The lowest BCUT2D eigenvalue weighted by molar-refractivity contribution is -0.373. The Labute approximate surface area is 182 Å². The maximum absolute atomic E-state index is 12.8. The molecule has 0 unspecified atom stereocenters. The molecule has 0 atom stereocenters. The van der Waals surface area contributed by atoms with Crippen LogP contribution in [0.2, 0.25) is 0 Å². The van der Waals surface area contributed by atoms with Crippen LogP contribution in [0.1, 0.15) is 25.7 Å². The van der Waals surface area contributed by atoms with Gasteiger partial charge in [0.25, 0.3) is 5.60 Å². The third kappa shape index (κ3) is 4.51. The predicted molar refractivity (Wildman–Crippen MR) is 103 cm³/mol. The van der Waals surface area contributed by atoms with Crippen LogP contribution in [-0.2, 0) is 0 Å². The van der Waals surface area contributed by atoms with E-state index in [1.54, 1.807) is 0 Å².